The quantitative estimate of drug-likeness (QED) is 0.411. The third kappa shape index (κ3) is 1.92. The van der Waals surface area contributed by atoms with Gasteiger partial charge in [-0.15, -0.1) is 0 Å². The van der Waals surface area contributed by atoms with E-state index in [2.05, 4.69) is 0 Å². The molecule has 1 rings (SSSR count). The highest BCUT2D eigenvalue weighted by atomic mass is 19.1. The Hall–Kier alpha value is -1.64. The lowest BCUT2D eigenvalue weighted by molar-refractivity contribution is -0.104. The van der Waals surface area contributed by atoms with E-state index in [-0.39, 0.29) is 5.69 Å². The largest absolute Gasteiger partial charge is 0.396 e. The lowest BCUT2D eigenvalue weighted by Gasteiger charge is -1.96. The molecule has 0 radical (unpaired) electrons. The lowest BCUT2D eigenvalue weighted by atomic mass is 10.2. The molecular weight excluding hydrogens is 157 g/mol. The van der Waals surface area contributed by atoms with Gasteiger partial charge in [-0.2, -0.15) is 0 Å². The first-order chi connectivity index (χ1) is 5.74. The number of allylic oxidation sites excluding steroid dienone is 1. The van der Waals surface area contributed by atoms with Crippen LogP contribution >= 0.6 is 0 Å². The molecule has 2 N–H and O–H groups in total. The first kappa shape index (κ1) is 8.46. The second-order valence-corrected chi connectivity index (χ2v) is 2.28. The molecule has 3 heteroatoms. The number of nitrogens with two attached hydrogens (primary N) is 1. The molecule has 12 heavy (non-hydrogen) atoms. The minimum Gasteiger partial charge on any atom is -0.396 e. The van der Waals surface area contributed by atoms with E-state index in [9.17, 15) is 9.18 Å². The zero-order valence-electron chi connectivity index (χ0n) is 6.33. The Bertz CT molecular complexity index is 320. The van der Waals surface area contributed by atoms with Gasteiger partial charge in [-0.1, -0.05) is 12.1 Å². The van der Waals surface area contributed by atoms with Crippen LogP contribution in [0.15, 0.2) is 24.3 Å². The SMILES string of the molecule is Nc1cc(C=CC=O)ccc1F. The van der Waals surface area contributed by atoms with Gasteiger partial charge >= 0.3 is 0 Å². The van der Waals surface area contributed by atoms with Crippen molar-refractivity contribution in [2.45, 2.75) is 0 Å². The maximum absolute atomic E-state index is 12.6. The van der Waals surface area contributed by atoms with Gasteiger partial charge in [0.05, 0.1) is 5.69 Å². The van der Waals surface area contributed by atoms with Crippen LogP contribution in [0, 0.1) is 5.82 Å². The molecule has 0 atom stereocenters. The van der Waals surface area contributed by atoms with Crippen LogP contribution in [0.3, 0.4) is 0 Å². The Morgan fingerprint density at radius 1 is 1.42 bits per heavy atom. The number of benzene rings is 1. The molecule has 1 aromatic carbocycles. The zero-order valence-corrected chi connectivity index (χ0v) is 6.33. The van der Waals surface area contributed by atoms with E-state index in [0.29, 0.717) is 11.8 Å². The Kier molecular flexibility index (Phi) is 2.58. The summed E-state index contributed by atoms with van der Waals surface area (Å²) < 4.78 is 12.6. The first-order valence-electron chi connectivity index (χ1n) is 3.41. The fourth-order valence-corrected chi connectivity index (χ4v) is 0.816. The molecule has 0 heterocycles. The van der Waals surface area contributed by atoms with E-state index < -0.39 is 5.82 Å². The molecule has 62 valence electrons. The van der Waals surface area contributed by atoms with Crippen LogP contribution in [0.5, 0.6) is 0 Å². The molecule has 0 amide bonds. The summed E-state index contributed by atoms with van der Waals surface area (Å²) in [5.74, 6) is -0.446. The van der Waals surface area contributed by atoms with E-state index in [1.807, 2.05) is 0 Å². The summed E-state index contributed by atoms with van der Waals surface area (Å²) in [7, 11) is 0. The van der Waals surface area contributed by atoms with Crippen LogP contribution in [0.25, 0.3) is 6.08 Å². The molecule has 0 unspecified atom stereocenters. The van der Waals surface area contributed by atoms with Crippen molar-refractivity contribution in [3.05, 3.63) is 35.7 Å². The average molecular weight is 165 g/mol. The normalized spacial score (nSPS) is 10.4. The van der Waals surface area contributed by atoms with Crippen LogP contribution in [0.4, 0.5) is 10.1 Å². The van der Waals surface area contributed by atoms with Gasteiger partial charge in [0.15, 0.2) is 0 Å². The number of hydrogen-bond acceptors (Lipinski definition) is 2. The standard InChI is InChI=1S/C9H8FNO/c10-8-4-3-7(2-1-5-12)6-9(8)11/h1-6H,11H2. The van der Waals surface area contributed by atoms with Crippen LogP contribution in [-0.4, -0.2) is 6.29 Å². The van der Waals surface area contributed by atoms with Gasteiger partial charge in [0.1, 0.15) is 12.1 Å². The average Bonchev–Trinajstić information content (AvgIpc) is 2.07. The molecule has 0 aliphatic carbocycles. The number of anilines is 1. The van der Waals surface area contributed by atoms with Gasteiger partial charge in [0.2, 0.25) is 0 Å². The predicted octanol–water partition coefficient (Wildman–Crippen LogP) is 1.62. The highest BCUT2D eigenvalue weighted by Gasteiger charge is 1.95. The fourth-order valence-electron chi connectivity index (χ4n) is 0.816. The van der Waals surface area contributed by atoms with Gasteiger partial charge in [-0.3, -0.25) is 4.79 Å². The summed E-state index contributed by atoms with van der Waals surface area (Å²) in [5, 5.41) is 0. The third-order valence-corrected chi connectivity index (χ3v) is 1.39. The van der Waals surface area contributed by atoms with Crippen LogP contribution in [-0.2, 0) is 4.79 Å². The van der Waals surface area contributed by atoms with E-state index in [4.69, 9.17) is 5.73 Å². The van der Waals surface area contributed by atoms with Crippen molar-refractivity contribution in [1.82, 2.24) is 0 Å². The lowest BCUT2D eigenvalue weighted by Crippen LogP contribution is -1.89. The Labute approximate surface area is 69.5 Å². The van der Waals surface area contributed by atoms with E-state index in [1.54, 1.807) is 12.1 Å². The van der Waals surface area contributed by atoms with Crippen LogP contribution < -0.4 is 5.73 Å². The fraction of sp³-hybridized carbons (Fsp3) is 0. The van der Waals surface area contributed by atoms with Gasteiger partial charge in [-0.05, 0) is 23.8 Å². The number of halogens is 1. The van der Waals surface area contributed by atoms with E-state index >= 15 is 0 Å². The van der Waals surface area contributed by atoms with Crippen LogP contribution in [0.1, 0.15) is 5.56 Å². The number of hydrogen-bond donors (Lipinski definition) is 1. The molecule has 0 aliphatic heterocycles. The number of carbonyl (C=O) groups is 1. The van der Waals surface area contributed by atoms with Crippen molar-refractivity contribution >= 4 is 18.0 Å². The Morgan fingerprint density at radius 3 is 2.75 bits per heavy atom. The maximum atomic E-state index is 12.6. The number of rotatable bonds is 2. The predicted molar refractivity (Wildman–Crippen MR) is 45.9 cm³/mol. The van der Waals surface area contributed by atoms with Crippen molar-refractivity contribution in [1.29, 1.82) is 0 Å². The molecular formula is C9H8FNO. The molecule has 0 aliphatic rings. The summed E-state index contributed by atoms with van der Waals surface area (Å²) in [6.07, 6.45) is 3.54. The smallest absolute Gasteiger partial charge is 0.146 e. The topological polar surface area (TPSA) is 43.1 Å². The van der Waals surface area contributed by atoms with Crippen LogP contribution in [0.2, 0.25) is 0 Å². The molecule has 0 saturated carbocycles. The monoisotopic (exact) mass is 165 g/mol. The highest BCUT2D eigenvalue weighted by molar-refractivity contribution is 5.74. The van der Waals surface area contributed by atoms with Gasteiger partial charge in [0.25, 0.3) is 0 Å². The van der Waals surface area contributed by atoms with Crippen molar-refractivity contribution in [3.8, 4) is 0 Å². The summed E-state index contributed by atoms with van der Waals surface area (Å²) >= 11 is 0. The van der Waals surface area contributed by atoms with E-state index in [0.717, 1.165) is 0 Å². The van der Waals surface area contributed by atoms with Gasteiger partial charge in [-0.25, -0.2) is 4.39 Å². The molecule has 0 bridgehead atoms. The molecule has 0 spiro atoms. The van der Waals surface area contributed by atoms with E-state index in [1.165, 1.54) is 18.2 Å². The van der Waals surface area contributed by atoms with Crippen molar-refractivity contribution in [2.75, 3.05) is 5.73 Å². The second kappa shape index (κ2) is 3.67. The number of nitrogen functional groups attached to an aromatic ring is 1. The molecule has 1 aromatic rings. The summed E-state index contributed by atoms with van der Waals surface area (Å²) in [6, 6.07) is 4.28. The van der Waals surface area contributed by atoms with Crippen molar-refractivity contribution < 1.29 is 9.18 Å². The second-order valence-electron chi connectivity index (χ2n) is 2.28. The summed E-state index contributed by atoms with van der Waals surface area (Å²) in [4.78, 5) is 9.94. The Balaban J connectivity index is 2.96. The van der Waals surface area contributed by atoms with Crippen molar-refractivity contribution in [3.63, 3.8) is 0 Å². The summed E-state index contributed by atoms with van der Waals surface area (Å²) in [5.41, 5.74) is 6.09. The molecule has 0 fully saturated rings. The third-order valence-electron chi connectivity index (χ3n) is 1.39. The minimum absolute atomic E-state index is 0.0862. The van der Waals surface area contributed by atoms with Gasteiger partial charge < -0.3 is 5.73 Å². The van der Waals surface area contributed by atoms with Gasteiger partial charge in [0, 0.05) is 0 Å². The van der Waals surface area contributed by atoms with Crippen molar-refractivity contribution in [2.24, 2.45) is 0 Å². The highest BCUT2D eigenvalue weighted by Crippen LogP contribution is 2.12. The number of aldehydes is 1. The Morgan fingerprint density at radius 2 is 2.17 bits per heavy atom. The minimum atomic E-state index is -0.446. The number of carbonyl (C=O) groups excluding carboxylic acids is 1. The maximum Gasteiger partial charge on any atom is 0.146 e. The molecule has 0 aromatic heterocycles. The summed E-state index contributed by atoms with van der Waals surface area (Å²) in [6.45, 7) is 0. The molecule has 2 nitrogen and oxygen atoms in total. The first-order valence-corrected chi connectivity index (χ1v) is 3.41. The zero-order chi connectivity index (χ0) is 8.97. The molecule has 0 saturated heterocycles.